The highest BCUT2D eigenvalue weighted by Crippen LogP contribution is 2.20. The predicted octanol–water partition coefficient (Wildman–Crippen LogP) is 2.85. The maximum absolute atomic E-state index is 12.2. The molecule has 0 spiro atoms. The van der Waals surface area contributed by atoms with Gasteiger partial charge in [-0.15, -0.1) is 0 Å². The molecule has 0 aromatic heterocycles. The van der Waals surface area contributed by atoms with Gasteiger partial charge in [0.15, 0.2) is 0 Å². The van der Waals surface area contributed by atoms with Gasteiger partial charge in [0.1, 0.15) is 0 Å². The SMILES string of the molecule is CCCCS(=O)(=O)N1CCC(CNC(=O)NC2CCCCCCC2)C1. The Morgan fingerprint density at radius 3 is 2.44 bits per heavy atom. The zero-order valence-corrected chi connectivity index (χ0v) is 16.5. The third kappa shape index (κ3) is 7.13. The molecule has 2 rings (SSSR count). The molecule has 1 aliphatic carbocycles. The van der Waals surface area contributed by atoms with Crippen LogP contribution < -0.4 is 10.6 Å². The second kappa shape index (κ2) is 10.4. The van der Waals surface area contributed by atoms with Gasteiger partial charge >= 0.3 is 6.03 Å². The van der Waals surface area contributed by atoms with E-state index >= 15 is 0 Å². The highest BCUT2D eigenvalue weighted by Gasteiger charge is 2.31. The molecule has 2 N–H and O–H groups in total. The summed E-state index contributed by atoms with van der Waals surface area (Å²) in [6.07, 6.45) is 10.8. The van der Waals surface area contributed by atoms with Crippen LogP contribution in [-0.2, 0) is 10.0 Å². The normalized spacial score (nSPS) is 23.8. The van der Waals surface area contributed by atoms with Gasteiger partial charge in [0.25, 0.3) is 0 Å². The van der Waals surface area contributed by atoms with Crippen LogP contribution in [0.5, 0.6) is 0 Å². The fourth-order valence-electron chi connectivity index (χ4n) is 3.75. The van der Waals surface area contributed by atoms with Crippen molar-refractivity contribution in [1.82, 2.24) is 14.9 Å². The summed E-state index contributed by atoms with van der Waals surface area (Å²) in [6.45, 7) is 3.68. The topological polar surface area (TPSA) is 78.5 Å². The number of carbonyl (C=O) groups excluding carboxylic acids is 1. The first-order chi connectivity index (χ1) is 12.0. The lowest BCUT2D eigenvalue weighted by Crippen LogP contribution is -2.44. The summed E-state index contributed by atoms with van der Waals surface area (Å²) in [7, 11) is -3.12. The van der Waals surface area contributed by atoms with Crippen LogP contribution >= 0.6 is 0 Å². The standard InChI is InChI=1S/C18H35N3O3S/c1-2-3-13-25(23,24)21-12-11-16(15-21)14-19-18(22)20-17-9-7-5-4-6-8-10-17/h16-17H,2-15H2,1H3,(H2,19,20,22). The average molecular weight is 374 g/mol. The van der Waals surface area contributed by atoms with E-state index in [4.69, 9.17) is 0 Å². The lowest BCUT2D eigenvalue weighted by atomic mass is 9.97. The summed E-state index contributed by atoms with van der Waals surface area (Å²) in [6, 6.07) is 0.188. The van der Waals surface area contributed by atoms with E-state index < -0.39 is 10.0 Å². The van der Waals surface area contributed by atoms with Crippen LogP contribution in [0.2, 0.25) is 0 Å². The van der Waals surface area contributed by atoms with E-state index in [1.807, 2.05) is 6.92 Å². The molecule has 0 bridgehead atoms. The monoisotopic (exact) mass is 373 g/mol. The van der Waals surface area contributed by atoms with Crippen LogP contribution in [0.4, 0.5) is 4.79 Å². The zero-order valence-electron chi connectivity index (χ0n) is 15.6. The minimum absolute atomic E-state index is 0.0992. The molecule has 146 valence electrons. The first-order valence-electron chi connectivity index (χ1n) is 10.0. The molecule has 1 atom stereocenters. The van der Waals surface area contributed by atoms with Crippen LogP contribution in [0.25, 0.3) is 0 Å². The van der Waals surface area contributed by atoms with Crippen LogP contribution in [0, 0.1) is 5.92 Å². The van der Waals surface area contributed by atoms with Crippen molar-refractivity contribution in [3.05, 3.63) is 0 Å². The average Bonchev–Trinajstić information content (AvgIpc) is 3.03. The molecule has 0 radical (unpaired) electrons. The molecular formula is C18H35N3O3S. The molecule has 2 amide bonds. The number of hydrogen-bond acceptors (Lipinski definition) is 3. The third-order valence-corrected chi connectivity index (χ3v) is 7.31. The van der Waals surface area contributed by atoms with Crippen molar-refractivity contribution in [2.75, 3.05) is 25.4 Å². The molecular weight excluding hydrogens is 338 g/mol. The highest BCUT2D eigenvalue weighted by molar-refractivity contribution is 7.89. The Labute approximate surface area is 153 Å². The second-order valence-corrected chi connectivity index (χ2v) is 9.67. The number of sulfonamides is 1. The van der Waals surface area contributed by atoms with Gasteiger partial charge in [-0.1, -0.05) is 45.4 Å². The Hall–Kier alpha value is -0.820. The van der Waals surface area contributed by atoms with Gasteiger partial charge in [-0.3, -0.25) is 0 Å². The molecule has 1 saturated heterocycles. The van der Waals surface area contributed by atoms with E-state index in [0.29, 0.717) is 26.1 Å². The Morgan fingerprint density at radius 1 is 1.08 bits per heavy atom. The molecule has 25 heavy (non-hydrogen) atoms. The number of nitrogens with one attached hydrogen (secondary N) is 2. The fourth-order valence-corrected chi connectivity index (χ4v) is 5.48. The van der Waals surface area contributed by atoms with Crippen molar-refractivity contribution >= 4 is 16.1 Å². The quantitative estimate of drug-likeness (QED) is 0.720. The number of unbranched alkanes of at least 4 members (excludes halogenated alkanes) is 1. The minimum atomic E-state index is -3.12. The Balaban J connectivity index is 1.68. The maximum Gasteiger partial charge on any atom is 0.315 e. The van der Waals surface area contributed by atoms with Crippen molar-refractivity contribution in [3.8, 4) is 0 Å². The Morgan fingerprint density at radius 2 is 1.76 bits per heavy atom. The summed E-state index contributed by atoms with van der Waals surface area (Å²) in [5, 5.41) is 6.05. The van der Waals surface area contributed by atoms with E-state index in [9.17, 15) is 13.2 Å². The molecule has 1 heterocycles. The van der Waals surface area contributed by atoms with Crippen molar-refractivity contribution in [3.63, 3.8) is 0 Å². The van der Waals surface area contributed by atoms with Gasteiger partial charge < -0.3 is 10.6 Å². The number of nitrogens with zero attached hydrogens (tertiary/aromatic N) is 1. The molecule has 2 fully saturated rings. The van der Waals surface area contributed by atoms with Gasteiger partial charge in [-0.05, 0) is 31.6 Å². The van der Waals surface area contributed by atoms with Crippen molar-refractivity contribution < 1.29 is 13.2 Å². The first-order valence-corrected chi connectivity index (χ1v) is 11.6. The van der Waals surface area contributed by atoms with E-state index in [1.165, 1.54) is 32.1 Å². The van der Waals surface area contributed by atoms with Gasteiger partial charge in [-0.25, -0.2) is 17.5 Å². The highest BCUT2D eigenvalue weighted by atomic mass is 32.2. The van der Waals surface area contributed by atoms with Gasteiger partial charge in [0.05, 0.1) is 5.75 Å². The molecule has 1 saturated carbocycles. The van der Waals surface area contributed by atoms with E-state index in [2.05, 4.69) is 10.6 Å². The van der Waals surface area contributed by atoms with Crippen LogP contribution in [0.1, 0.15) is 71.1 Å². The van der Waals surface area contributed by atoms with Crippen LogP contribution in [0.3, 0.4) is 0 Å². The van der Waals surface area contributed by atoms with Gasteiger partial charge in [0, 0.05) is 25.7 Å². The largest absolute Gasteiger partial charge is 0.338 e. The fraction of sp³-hybridized carbons (Fsp3) is 0.944. The van der Waals surface area contributed by atoms with Crippen LogP contribution in [0.15, 0.2) is 0 Å². The van der Waals surface area contributed by atoms with Crippen molar-refractivity contribution in [1.29, 1.82) is 0 Å². The van der Waals surface area contributed by atoms with Crippen molar-refractivity contribution in [2.24, 2.45) is 5.92 Å². The molecule has 7 heteroatoms. The summed E-state index contributed by atoms with van der Waals surface area (Å²) < 4.78 is 26.0. The van der Waals surface area contributed by atoms with Crippen LogP contribution in [-0.4, -0.2) is 50.2 Å². The number of carbonyl (C=O) groups is 1. The smallest absolute Gasteiger partial charge is 0.315 e. The number of hydrogen-bond donors (Lipinski definition) is 2. The number of amides is 2. The molecule has 0 aromatic carbocycles. The van der Waals surface area contributed by atoms with Gasteiger partial charge in [0.2, 0.25) is 10.0 Å². The summed E-state index contributed by atoms with van der Waals surface area (Å²) in [5.41, 5.74) is 0. The molecule has 6 nitrogen and oxygen atoms in total. The predicted molar refractivity (Wildman–Crippen MR) is 101 cm³/mol. The van der Waals surface area contributed by atoms with E-state index in [-0.39, 0.29) is 23.7 Å². The lowest BCUT2D eigenvalue weighted by molar-refractivity contribution is 0.232. The molecule has 1 unspecified atom stereocenters. The molecule has 1 aliphatic heterocycles. The van der Waals surface area contributed by atoms with Crippen molar-refractivity contribution in [2.45, 2.75) is 77.2 Å². The van der Waals surface area contributed by atoms with E-state index in [1.54, 1.807) is 4.31 Å². The maximum atomic E-state index is 12.2. The Kier molecular flexibility index (Phi) is 8.49. The first kappa shape index (κ1) is 20.5. The van der Waals surface area contributed by atoms with Gasteiger partial charge in [-0.2, -0.15) is 0 Å². The second-order valence-electron chi connectivity index (χ2n) is 7.58. The minimum Gasteiger partial charge on any atom is -0.338 e. The van der Waals surface area contributed by atoms with E-state index in [0.717, 1.165) is 25.7 Å². The zero-order chi connectivity index (χ0) is 18.1. The number of rotatable bonds is 7. The lowest BCUT2D eigenvalue weighted by Gasteiger charge is -2.22. The molecule has 2 aliphatic rings. The third-order valence-electron chi connectivity index (χ3n) is 5.39. The Bertz CT molecular complexity index is 502. The summed E-state index contributed by atoms with van der Waals surface area (Å²) >= 11 is 0. The molecule has 0 aromatic rings. The summed E-state index contributed by atoms with van der Waals surface area (Å²) in [5.74, 6) is 0.464. The summed E-state index contributed by atoms with van der Waals surface area (Å²) in [4.78, 5) is 12.1. The number of urea groups is 1.